The van der Waals surface area contributed by atoms with E-state index in [4.69, 9.17) is 6.57 Å². The second-order valence-corrected chi connectivity index (χ2v) is 9.47. The van der Waals surface area contributed by atoms with E-state index in [2.05, 4.69) is 25.9 Å². The minimum absolute atomic E-state index is 0.679. The lowest BCUT2D eigenvalue weighted by Crippen LogP contribution is -2.40. The van der Waals surface area contributed by atoms with Crippen LogP contribution in [0.3, 0.4) is 0 Å². The summed E-state index contributed by atoms with van der Waals surface area (Å²) in [7, 11) is -3.21. The van der Waals surface area contributed by atoms with Crippen molar-refractivity contribution in [1.29, 1.82) is 0 Å². The maximum absolute atomic E-state index is 14.2. The summed E-state index contributed by atoms with van der Waals surface area (Å²) in [4.78, 5) is 3.81. The lowest BCUT2D eigenvalue weighted by atomic mass is 10.0. The van der Waals surface area contributed by atoms with E-state index in [9.17, 15) is 4.57 Å². The second-order valence-electron chi connectivity index (χ2n) is 6.08. The molecule has 26 heavy (non-hydrogen) atoms. The number of hydrogen-bond acceptors (Lipinski definition) is 1. The molecule has 0 saturated heterocycles. The van der Waals surface area contributed by atoms with E-state index in [1.54, 1.807) is 6.92 Å². The van der Waals surface area contributed by atoms with Gasteiger partial charge in [0.2, 0.25) is 7.29 Å². The van der Waals surface area contributed by atoms with Crippen LogP contribution in [0.5, 0.6) is 0 Å². The predicted octanol–water partition coefficient (Wildman–Crippen LogP) is 5.06. The third kappa shape index (κ3) is 3.66. The van der Waals surface area contributed by atoms with Gasteiger partial charge >= 0.3 is 5.66 Å². The summed E-state index contributed by atoms with van der Waals surface area (Å²) in [6.45, 7) is 9.55. The topological polar surface area (TPSA) is 33.5 Å². The first-order chi connectivity index (χ1) is 12.5. The van der Waals surface area contributed by atoms with Crippen molar-refractivity contribution < 1.29 is 4.57 Å². The average Bonchev–Trinajstić information content (AvgIpc) is 2.69. The molecule has 0 aliphatic rings. The van der Waals surface area contributed by atoms with Gasteiger partial charge in [-0.1, -0.05) is 52.3 Å². The Morgan fingerprint density at radius 3 is 1.77 bits per heavy atom. The number of nitrogens with one attached hydrogen (secondary N) is 1. The molecule has 0 aliphatic heterocycles. The third-order valence-electron chi connectivity index (χ3n) is 4.24. The molecule has 3 nitrogen and oxygen atoms in total. The van der Waals surface area contributed by atoms with Gasteiger partial charge in [0.15, 0.2) is 0 Å². The summed E-state index contributed by atoms with van der Waals surface area (Å²) in [6.07, 6.45) is 0. The van der Waals surface area contributed by atoms with Crippen LogP contribution in [0.25, 0.3) is 4.85 Å². The number of nitrogens with zero attached hydrogens (tertiary/aromatic N) is 1. The molecule has 0 aromatic heterocycles. The first kappa shape index (κ1) is 18.6. The van der Waals surface area contributed by atoms with E-state index in [0.717, 1.165) is 10.0 Å². The predicted molar refractivity (Wildman–Crippen MR) is 111 cm³/mol. The zero-order valence-electron chi connectivity index (χ0n) is 14.3. The summed E-state index contributed by atoms with van der Waals surface area (Å²) in [5, 5.41) is 4.57. The van der Waals surface area contributed by atoms with Crippen molar-refractivity contribution in [3.63, 3.8) is 0 Å². The number of halogens is 1. The smallest absolute Gasteiger partial charge is 0.296 e. The van der Waals surface area contributed by atoms with E-state index in [-0.39, 0.29) is 0 Å². The van der Waals surface area contributed by atoms with Crippen LogP contribution in [0.15, 0.2) is 89.4 Å². The quantitative estimate of drug-likeness (QED) is 0.458. The largest absolute Gasteiger partial charge is 0.315 e. The fraction of sp³-hybridized carbons (Fsp3) is 0.0952. The maximum Gasteiger partial charge on any atom is 0.315 e. The Balaban J connectivity index is 2.13. The standard InChI is InChI=1S/C21H18BrN2OP/c1-21(23-2,17-13-15-18(22)16-14-17)24-26(25,19-9-5-3-6-10-19)20-11-7-4-8-12-20/h3-16H,1H3,(H,24,25)/t21-/m1/s1. The van der Waals surface area contributed by atoms with Crippen molar-refractivity contribution in [2.24, 2.45) is 0 Å². The third-order valence-corrected chi connectivity index (χ3v) is 7.57. The van der Waals surface area contributed by atoms with Gasteiger partial charge in [-0.3, -0.25) is 9.41 Å². The van der Waals surface area contributed by atoms with Crippen molar-refractivity contribution in [3.8, 4) is 0 Å². The summed E-state index contributed by atoms with van der Waals surface area (Å²) in [5.74, 6) is 0. The Hall–Kier alpha value is -2.18. The highest BCUT2D eigenvalue weighted by Gasteiger charge is 2.42. The number of hydrogen-bond donors (Lipinski definition) is 1. The van der Waals surface area contributed by atoms with Gasteiger partial charge in [-0.2, -0.15) is 5.09 Å². The molecule has 0 heterocycles. The molecule has 5 heteroatoms. The summed E-state index contributed by atoms with van der Waals surface area (Å²) >= 11 is 3.42. The van der Waals surface area contributed by atoms with Crippen molar-refractivity contribution in [2.45, 2.75) is 12.6 Å². The van der Waals surface area contributed by atoms with Crippen LogP contribution >= 0.6 is 23.2 Å². The van der Waals surface area contributed by atoms with Crippen molar-refractivity contribution in [3.05, 3.63) is 106 Å². The van der Waals surface area contributed by atoms with Gasteiger partial charge < -0.3 is 0 Å². The van der Waals surface area contributed by atoms with Crippen LogP contribution in [-0.4, -0.2) is 0 Å². The zero-order chi connectivity index (χ0) is 18.6. The van der Waals surface area contributed by atoms with Gasteiger partial charge in [0, 0.05) is 22.0 Å². The van der Waals surface area contributed by atoms with Crippen LogP contribution in [0.1, 0.15) is 12.5 Å². The lowest BCUT2D eigenvalue weighted by molar-refractivity contribution is 0.522. The van der Waals surface area contributed by atoms with Gasteiger partial charge in [0.05, 0.1) is 5.56 Å². The summed E-state index contributed by atoms with van der Waals surface area (Å²) in [5.41, 5.74) is -0.357. The number of benzene rings is 3. The molecule has 3 aromatic rings. The normalized spacial score (nSPS) is 13.6. The molecule has 1 N–H and O–H groups in total. The molecule has 0 unspecified atom stereocenters. The molecule has 130 valence electrons. The van der Waals surface area contributed by atoms with E-state index in [0.29, 0.717) is 10.6 Å². The molecule has 3 rings (SSSR count). The van der Waals surface area contributed by atoms with Crippen LogP contribution in [0.4, 0.5) is 0 Å². The molecule has 0 radical (unpaired) electrons. The fourth-order valence-electron chi connectivity index (χ4n) is 2.79. The van der Waals surface area contributed by atoms with E-state index >= 15 is 0 Å². The molecular formula is C21H18BrN2OP. The van der Waals surface area contributed by atoms with Crippen molar-refractivity contribution >= 4 is 33.8 Å². The van der Waals surface area contributed by atoms with E-state index in [1.165, 1.54) is 0 Å². The molecule has 0 spiro atoms. The van der Waals surface area contributed by atoms with Crippen molar-refractivity contribution in [2.75, 3.05) is 0 Å². The Morgan fingerprint density at radius 2 is 1.35 bits per heavy atom. The monoisotopic (exact) mass is 424 g/mol. The first-order valence-corrected chi connectivity index (χ1v) is 10.6. The van der Waals surface area contributed by atoms with Gasteiger partial charge in [-0.15, -0.1) is 0 Å². The van der Waals surface area contributed by atoms with Crippen LogP contribution in [0.2, 0.25) is 0 Å². The minimum Gasteiger partial charge on any atom is -0.296 e. The zero-order valence-corrected chi connectivity index (χ0v) is 16.7. The van der Waals surface area contributed by atoms with Crippen LogP contribution in [-0.2, 0) is 10.2 Å². The molecule has 0 bridgehead atoms. The fourth-order valence-corrected chi connectivity index (χ4v) is 5.59. The molecular weight excluding hydrogens is 407 g/mol. The van der Waals surface area contributed by atoms with E-state index in [1.807, 2.05) is 84.9 Å². The van der Waals surface area contributed by atoms with Gasteiger partial charge in [-0.05, 0) is 48.5 Å². The molecule has 0 aliphatic carbocycles. The SMILES string of the molecule is [C-]#[N+][C@](C)(NP(=O)(c1ccccc1)c1ccccc1)c1ccc(Br)cc1. The molecule has 3 aromatic carbocycles. The molecule has 0 amide bonds. The summed E-state index contributed by atoms with van der Waals surface area (Å²) < 4.78 is 15.1. The van der Waals surface area contributed by atoms with Crippen LogP contribution < -0.4 is 15.7 Å². The first-order valence-electron chi connectivity index (χ1n) is 8.13. The number of rotatable bonds is 5. The van der Waals surface area contributed by atoms with Crippen molar-refractivity contribution in [1.82, 2.24) is 5.09 Å². The Kier molecular flexibility index (Phi) is 5.44. The second kappa shape index (κ2) is 7.60. The van der Waals surface area contributed by atoms with Crippen LogP contribution in [0, 0.1) is 6.57 Å². The van der Waals surface area contributed by atoms with Gasteiger partial charge in [0.1, 0.15) is 0 Å². The minimum atomic E-state index is -3.21. The molecule has 0 saturated carbocycles. The molecule has 1 atom stereocenters. The van der Waals surface area contributed by atoms with E-state index < -0.39 is 13.0 Å². The highest BCUT2D eigenvalue weighted by molar-refractivity contribution is 9.10. The highest BCUT2D eigenvalue weighted by atomic mass is 79.9. The maximum atomic E-state index is 14.2. The summed E-state index contributed by atoms with van der Waals surface area (Å²) in [6, 6.07) is 26.1. The van der Waals surface area contributed by atoms with Gasteiger partial charge in [-0.25, -0.2) is 6.57 Å². The lowest BCUT2D eigenvalue weighted by Gasteiger charge is -2.27. The van der Waals surface area contributed by atoms with Gasteiger partial charge in [0.25, 0.3) is 0 Å². The molecule has 0 fully saturated rings. The average molecular weight is 425 g/mol. The Labute approximate surface area is 162 Å². The Morgan fingerprint density at radius 1 is 0.885 bits per heavy atom. The highest BCUT2D eigenvalue weighted by Crippen LogP contribution is 2.44. The Bertz CT molecular complexity index is 925.